The number of halogens is 1. The summed E-state index contributed by atoms with van der Waals surface area (Å²) in [4.78, 5) is 0.0709. The molecule has 0 bridgehead atoms. The van der Waals surface area contributed by atoms with Gasteiger partial charge in [-0.15, -0.1) is 0 Å². The Morgan fingerprint density at radius 2 is 1.80 bits per heavy atom. The van der Waals surface area contributed by atoms with E-state index in [4.69, 9.17) is 5.73 Å². The van der Waals surface area contributed by atoms with Gasteiger partial charge in [-0.25, -0.2) is 8.42 Å². The second-order valence-electron chi connectivity index (χ2n) is 4.61. The van der Waals surface area contributed by atoms with Crippen molar-refractivity contribution in [3.05, 3.63) is 52.0 Å². The van der Waals surface area contributed by atoms with Gasteiger partial charge >= 0.3 is 0 Å². The second kappa shape index (κ2) is 5.46. The highest BCUT2D eigenvalue weighted by atomic mass is 79.9. The van der Waals surface area contributed by atoms with Crippen LogP contribution < -0.4 is 10.5 Å². The molecule has 2 rings (SSSR count). The normalized spacial score (nSPS) is 11.3. The summed E-state index contributed by atoms with van der Waals surface area (Å²) in [7, 11) is -3.70. The molecule has 0 aromatic heterocycles. The van der Waals surface area contributed by atoms with E-state index in [0.717, 1.165) is 15.6 Å². The third-order valence-electron chi connectivity index (χ3n) is 2.90. The molecule has 6 heteroatoms. The van der Waals surface area contributed by atoms with Crippen LogP contribution in [0.4, 0.5) is 11.4 Å². The first-order valence-electron chi connectivity index (χ1n) is 5.95. The predicted molar refractivity (Wildman–Crippen MR) is 85.3 cm³/mol. The fraction of sp³-hybridized carbons (Fsp3) is 0.143. The van der Waals surface area contributed by atoms with Gasteiger partial charge in [0.25, 0.3) is 10.0 Å². The lowest BCUT2D eigenvalue weighted by Crippen LogP contribution is -2.15. The third-order valence-corrected chi connectivity index (χ3v) is 4.83. The number of nitrogens with one attached hydrogen (secondary N) is 1. The quantitative estimate of drug-likeness (QED) is 0.829. The number of rotatable bonds is 3. The van der Waals surface area contributed by atoms with Crippen molar-refractivity contribution < 1.29 is 8.42 Å². The second-order valence-corrected chi connectivity index (χ2v) is 7.17. The molecule has 106 valence electrons. The van der Waals surface area contributed by atoms with Crippen molar-refractivity contribution in [1.29, 1.82) is 0 Å². The number of benzene rings is 2. The van der Waals surface area contributed by atoms with E-state index < -0.39 is 10.0 Å². The maximum absolute atomic E-state index is 12.4. The third kappa shape index (κ3) is 3.13. The monoisotopic (exact) mass is 354 g/mol. The summed E-state index contributed by atoms with van der Waals surface area (Å²) in [5.74, 6) is 0. The molecule has 0 unspecified atom stereocenters. The molecule has 0 atom stereocenters. The summed E-state index contributed by atoms with van der Waals surface area (Å²) >= 11 is 3.26. The van der Waals surface area contributed by atoms with E-state index in [0.29, 0.717) is 5.69 Å². The molecular formula is C14H15BrN2O2S. The Labute approximate surface area is 127 Å². The molecular weight excluding hydrogens is 340 g/mol. The summed E-state index contributed by atoms with van der Waals surface area (Å²) < 4.78 is 28.1. The van der Waals surface area contributed by atoms with Gasteiger partial charge in [-0.05, 0) is 49.2 Å². The first-order chi connectivity index (χ1) is 9.29. The Morgan fingerprint density at radius 1 is 1.10 bits per heavy atom. The minimum atomic E-state index is -3.70. The van der Waals surface area contributed by atoms with E-state index in [9.17, 15) is 8.42 Å². The molecule has 0 aliphatic rings. The van der Waals surface area contributed by atoms with Crippen LogP contribution in [0.5, 0.6) is 0 Å². The van der Waals surface area contributed by atoms with E-state index in [1.54, 1.807) is 18.2 Å². The Bertz CT molecular complexity index is 758. The molecule has 0 radical (unpaired) electrons. The number of aryl methyl sites for hydroxylation is 2. The lowest BCUT2D eigenvalue weighted by atomic mass is 10.1. The van der Waals surface area contributed by atoms with Crippen molar-refractivity contribution in [1.82, 2.24) is 0 Å². The molecule has 2 aromatic rings. The van der Waals surface area contributed by atoms with Crippen LogP contribution in [0, 0.1) is 13.8 Å². The van der Waals surface area contributed by atoms with Crippen LogP contribution >= 0.6 is 15.9 Å². The van der Waals surface area contributed by atoms with Crippen LogP contribution in [0.25, 0.3) is 0 Å². The van der Waals surface area contributed by atoms with E-state index in [1.807, 2.05) is 26.0 Å². The number of hydrogen-bond donors (Lipinski definition) is 2. The van der Waals surface area contributed by atoms with Crippen LogP contribution in [-0.4, -0.2) is 8.42 Å². The van der Waals surface area contributed by atoms with Crippen LogP contribution in [0.1, 0.15) is 11.1 Å². The van der Waals surface area contributed by atoms with E-state index in [1.165, 1.54) is 6.07 Å². The van der Waals surface area contributed by atoms with Crippen LogP contribution in [0.2, 0.25) is 0 Å². The highest BCUT2D eigenvalue weighted by molar-refractivity contribution is 9.10. The van der Waals surface area contributed by atoms with Gasteiger partial charge < -0.3 is 5.73 Å². The number of hydrogen-bond acceptors (Lipinski definition) is 3. The van der Waals surface area contributed by atoms with Gasteiger partial charge in [0.2, 0.25) is 0 Å². The number of sulfonamides is 1. The van der Waals surface area contributed by atoms with Crippen molar-refractivity contribution in [2.24, 2.45) is 0 Å². The lowest BCUT2D eigenvalue weighted by Gasteiger charge is -2.13. The van der Waals surface area contributed by atoms with Crippen molar-refractivity contribution in [2.45, 2.75) is 18.7 Å². The van der Waals surface area contributed by atoms with E-state index in [-0.39, 0.29) is 10.6 Å². The van der Waals surface area contributed by atoms with Crippen molar-refractivity contribution in [2.75, 3.05) is 10.5 Å². The molecule has 2 aromatic carbocycles. The summed E-state index contributed by atoms with van der Waals surface area (Å²) in [5, 5.41) is 0. The van der Waals surface area contributed by atoms with Crippen molar-refractivity contribution in [3.63, 3.8) is 0 Å². The number of nitrogen functional groups attached to an aromatic ring is 1. The molecule has 0 fully saturated rings. The van der Waals surface area contributed by atoms with Gasteiger partial charge in [0.1, 0.15) is 4.90 Å². The topological polar surface area (TPSA) is 72.2 Å². The summed E-state index contributed by atoms with van der Waals surface area (Å²) in [6.07, 6.45) is 0. The Hall–Kier alpha value is -1.53. The van der Waals surface area contributed by atoms with Crippen molar-refractivity contribution in [3.8, 4) is 0 Å². The molecule has 0 saturated carbocycles. The van der Waals surface area contributed by atoms with Crippen LogP contribution in [0.15, 0.2) is 45.8 Å². The largest absolute Gasteiger partial charge is 0.398 e. The highest BCUT2D eigenvalue weighted by Crippen LogP contribution is 2.26. The molecule has 0 amide bonds. The molecule has 0 aliphatic heterocycles. The lowest BCUT2D eigenvalue weighted by molar-refractivity contribution is 0.601. The van der Waals surface area contributed by atoms with Crippen molar-refractivity contribution >= 4 is 37.3 Å². The Morgan fingerprint density at radius 3 is 2.45 bits per heavy atom. The maximum atomic E-state index is 12.4. The van der Waals surface area contributed by atoms with Crippen LogP contribution in [0.3, 0.4) is 0 Å². The van der Waals surface area contributed by atoms with E-state index in [2.05, 4.69) is 20.7 Å². The summed E-state index contributed by atoms with van der Waals surface area (Å²) in [5.41, 5.74) is 8.39. The van der Waals surface area contributed by atoms with Gasteiger partial charge in [-0.1, -0.05) is 28.1 Å². The molecule has 0 spiro atoms. The minimum absolute atomic E-state index is 0.0709. The minimum Gasteiger partial charge on any atom is -0.398 e. The average molecular weight is 355 g/mol. The molecule has 0 aliphatic carbocycles. The summed E-state index contributed by atoms with van der Waals surface area (Å²) in [6, 6.07) is 10.3. The fourth-order valence-corrected chi connectivity index (χ4v) is 3.42. The smallest absolute Gasteiger partial charge is 0.263 e. The fourth-order valence-electron chi connectivity index (χ4n) is 1.81. The molecule has 20 heavy (non-hydrogen) atoms. The zero-order chi connectivity index (χ0) is 14.9. The molecule has 3 N–H and O–H groups in total. The Kier molecular flexibility index (Phi) is 4.06. The highest BCUT2D eigenvalue weighted by Gasteiger charge is 2.18. The molecule has 0 saturated heterocycles. The van der Waals surface area contributed by atoms with Gasteiger partial charge in [-0.3, -0.25) is 4.72 Å². The standard InChI is InChI=1S/C14H15BrN2O2S/c1-9-3-4-10(2)13(7-9)17-20(18,19)14-6-5-11(15)8-12(14)16/h3-8,17H,16H2,1-2H3. The first-order valence-corrected chi connectivity index (χ1v) is 8.22. The van der Waals surface area contributed by atoms with Gasteiger partial charge in [0.05, 0.1) is 11.4 Å². The van der Waals surface area contributed by atoms with E-state index >= 15 is 0 Å². The molecule has 0 heterocycles. The first kappa shape index (κ1) is 14.9. The average Bonchev–Trinajstić information content (AvgIpc) is 2.33. The van der Waals surface area contributed by atoms with Gasteiger partial charge in [-0.2, -0.15) is 0 Å². The number of anilines is 2. The van der Waals surface area contributed by atoms with Crippen LogP contribution in [-0.2, 0) is 10.0 Å². The zero-order valence-electron chi connectivity index (χ0n) is 11.1. The SMILES string of the molecule is Cc1ccc(C)c(NS(=O)(=O)c2ccc(Br)cc2N)c1. The van der Waals surface area contributed by atoms with Gasteiger partial charge in [0.15, 0.2) is 0 Å². The zero-order valence-corrected chi connectivity index (χ0v) is 13.5. The number of nitrogens with two attached hydrogens (primary N) is 1. The summed E-state index contributed by atoms with van der Waals surface area (Å²) in [6.45, 7) is 3.76. The Balaban J connectivity index is 2.43. The predicted octanol–water partition coefficient (Wildman–Crippen LogP) is 3.45. The molecule has 4 nitrogen and oxygen atoms in total. The van der Waals surface area contributed by atoms with Gasteiger partial charge in [0, 0.05) is 4.47 Å². The maximum Gasteiger partial charge on any atom is 0.263 e.